The molecule has 2 amide bonds. The number of aryl methyl sites for hydroxylation is 3. The van der Waals surface area contributed by atoms with Crippen LogP contribution in [0.4, 0.5) is 11.4 Å². The summed E-state index contributed by atoms with van der Waals surface area (Å²) in [4.78, 5) is 28.5. The minimum Gasteiger partial charge on any atom is -0.494 e. The van der Waals surface area contributed by atoms with Crippen molar-refractivity contribution in [2.45, 2.75) is 34.1 Å². The quantitative estimate of drug-likeness (QED) is 0.472. The maximum atomic E-state index is 13.6. The lowest BCUT2D eigenvalue weighted by molar-refractivity contribution is -0.120. The minimum atomic E-state index is -0.366. The molecule has 0 aromatic heterocycles. The van der Waals surface area contributed by atoms with E-state index in [0.29, 0.717) is 23.4 Å². The highest BCUT2D eigenvalue weighted by atomic mass is 16.5. The molecule has 3 aromatic carbocycles. The van der Waals surface area contributed by atoms with Crippen LogP contribution in [0, 0.1) is 20.8 Å². The average molecular weight is 441 g/mol. The second kappa shape index (κ2) is 9.33. The molecular weight excluding hydrogens is 412 g/mol. The van der Waals surface area contributed by atoms with Crippen molar-refractivity contribution >= 4 is 28.8 Å². The summed E-state index contributed by atoms with van der Waals surface area (Å²) in [6.07, 6.45) is 0.912. The molecule has 0 saturated heterocycles. The lowest BCUT2D eigenvalue weighted by atomic mass is 10.0. The van der Waals surface area contributed by atoms with E-state index < -0.39 is 0 Å². The molecule has 0 saturated carbocycles. The van der Waals surface area contributed by atoms with E-state index in [1.807, 2.05) is 82.3 Å². The van der Waals surface area contributed by atoms with Crippen LogP contribution >= 0.6 is 0 Å². The number of benzene rings is 3. The molecule has 0 atom stereocenters. The van der Waals surface area contributed by atoms with Gasteiger partial charge in [-0.2, -0.15) is 0 Å². The van der Waals surface area contributed by atoms with Crippen molar-refractivity contribution < 1.29 is 14.3 Å². The number of rotatable bonds is 7. The molecular formula is C28H28N2O3. The molecule has 168 valence electrons. The maximum Gasteiger partial charge on any atom is 0.282 e. The van der Waals surface area contributed by atoms with Crippen molar-refractivity contribution in [3.63, 3.8) is 0 Å². The van der Waals surface area contributed by atoms with Crippen LogP contribution in [-0.4, -0.2) is 18.4 Å². The fraction of sp³-hybridized carbons (Fsp3) is 0.214. The number of para-hydroxylation sites is 1. The molecule has 5 nitrogen and oxygen atoms in total. The molecule has 0 bridgehead atoms. The zero-order chi connectivity index (χ0) is 23.5. The third-order valence-electron chi connectivity index (χ3n) is 5.55. The molecule has 0 spiro atoms. The van der Waals surface area contributed by atoms with Crippen LogP contribution in [0.15, 0.2) is 72.4 Å². The second-order valence-corrected chi connectivity index (χ2v) is 8.36. The maximum absolute atomic E-state index is 13.6. The molecule has 3 aromatic rings. The first-order valence-corrected chi connectivity index (χ1v) is 11.2. The number of hydrogen-bond acceptors (Lipinski definition) is 4. The van der Waals surface area contributed by atoms with Gasteiger partial charge in [0.2, 0.25) is 0 Å². The standard InChI is InChI=1S/C28H28N2O3/c1-5-14-33-23-12-10-21(11-13-23)25-26(29-22-16-18(2)15-19(3)17-22)28(32)30(27(25)31)24-9-7-6-8-20(24)4/h6-13,15-17,29H,5,14H2,1-4H3. The first kappa shape index (κ1) is 22.3. The Bertz CT molecular complexity index is 1220. The second-order valence-electron chi connectivity index (χ2n) is 8.36. The van der Waals surface area contributed by atoms with Crippen molar-refractivity contribution in [1.29, 1.82) is 0 Å². The fourth-order valence-electron chi connectivity index (χ4n) is 4.08. The third kappa shape index (κ3) is 4.53. The van der Waals surface area contributed by atoms with Gasteiger partial charge < -0.3 is 10.1 Å². The number of nitrogens with zero attached hydrogens (tertiary/aromatic N) is 1. The molecule has 1 aliphatic rings. The van der Waals surface area contributed by atoms with Gasteiger partial charge in [0.05, 0.1) is 17.9 Å². The number of hydrogen-bond donors (Lipinski definition) is 1. The molecule has 0 radical (unpaired) electrons. The van der Waals surface area contributed by atoms with Crippen molar-refractivity contribution in [3.05, 3.63) is 94.7 Å². The number of imide groups is 1. The Hall–Kier alpha value is -3.86. The van der Waals surface area contributed by atoms with Crippen molar-refractivity contribution in [2.24, 2.45) is 0 Å². The molecule has 5 heteroatoms. The summed E-state index contributed by atoms with van der Waals surface area (Å²) in [5.74, 6) is 0.0238. The van der Waals surface area contributed by atoms with E-state index in [0.717, 1.165) is 34.5 Å². The van der Waals surface area contributed by atoms with Crippen molar-refractivity contribution in [3.8, 4) is 5.75 Å². The SMILES string of the molecule is CCCOc1ccc(C2=C(Nc3cc(C)cc(C)c3)C(=O)N(c3ccccc3C)C2=O)cc1. The van der Waals surface area contributed by atoms with Crippen LogP contribution < -0.4 is 15.0 Å². The Kier molecular flexibility index (Phi) is 6.31. The van der Waals surface area contributed by atoms with Crippen LogP contribution in [0.2, 0.25) is 0 Å². The number of carbonyl (C=O) groups is 2. The van der Waals surface area contributed by atoms with Gasteiger partial charge in [0.1, 0.15) is 11.4 Å². The zero-order valence-corrected chi connectivity index (χ0v) is 19.4. The lowest BCUT2D eigenvalue weighted by Crippen LogP contribution is -2.33. The van der Waals surface area contributed by atoms with Gasteiger partial charge in [-0.1, -0.05) is 43.3 Å². The van der Waals surface area contributed by atoms with E-state index in [4.69, 9.17) is 4.74 Å². The predicted molar refractivity (Wildman–Crippen MR) is 132 cm³/mol. The molecule has 1 aliphatic heterocycles. The van der Waals surface area contributed by atoms with Gasteiger partial charge in [-0.3, -0.25) is 9.59 Å². The van der Waals surface area contributed by atoms with Gasteiger partial charge in [0.25, 0.3) is 11.8 Å². The monoisotopic (exact) mass is 440 g/mol. The molecule has 4 rings (SSSR count). The Morgan fingerprint density at radius 3 is 2.15 bits per heavy atom. The zero-order valence-electron chi connectivity index (χ0n) is 19.4. The van der Waals surface area contributed by atoms with E-state index in [1.54, 1.807) is 6.07 Å². The fourth-order valence-corrected chi connectivity index (χ4v) is 4.08. The smallest absolute Gasteiger partial charge is 0.282 e. The number of amides is 2. The van der Waals surface area contributed by atoms with E-state index in [-0.39, 0.29) is 17.5 Å². The average Bonchev–Trinajstić information content (AvgIpc) is 3.02. The molecule has 33 heavy (non-hydrogen) atoms. The van der Waals surface area contributed by atoms with Gasteiger partial charge in [0.15, 0.2) is 0 Å². The number of ether oxygens (including phenoxy) is 1. The normalized spacial score (nSPS) is 13.6. The largest absolute Gasteiger partial charge is 0.494 e. The van der Waals surface area contributed by atoms with Crippen molar-refractivity contribution in [1.82, 2.24) is 0 Å². The highest BCUT2D eigenvalue weighted by Gasteiger charge is 2.40. The molecule has 1 heterocycles. The number of carbonyl (C=O) groups excluding carboxylic acids is 2. The summed E-state index contributed by atoms with van der Waals surface area (Å²) in [6, 6.07) is 20.7. The molecule has 0 fully saturated rings. The van der Waals surface area contributed by atoms with Gasteiger partial charge in [-0.05, 0) is 79.8 Å². The highest BCUT2D eigenvalue weighted by molar-refractivity contribution is 6.46. The molecule has 0 aliphatic carbocycles. The van der Waals surface area contributed by atoms with E-state index in [9.17, 15) is 9.59 Å². The summed E-state index contributed by atoms with van der Waals surface area (Å²) in [5.41, 5.74) is 5.66. The summed E-state index contributed by atoms with van der Waals surface area (Å²) < 4.78 is 5.68. The number of anilines is 2. The van der Waals surface area contributed by atoms with Crippen LogP contribution in [0.3, 0.4) is 0 Å². The van der Waals surface area contributed by atoms with Crippen LogP contribution in [-0.2, 0) is 9.59 Å². The first-order chi connectivity index (χ1) is 15.9. The van der Waals surface area contributed by atoms with Gasteiger partial charge in [-0.25, -0.2) is 4.90 Å². The van der Waals surface area contributed by atoms with Gasteiger partial charge in [0, 0.05) is 5.69 Å². The Morgan fingerprint density at radius 1 is 0.848 bits per heavy atom. The van der Waals surface area contributed by atoms with E-state index >= 15 is 0 Å². The molecule has 0 unspecified atom stereocenters. The lowest BCUT2D eigenvalue weighted by Gasteiger charge is -2.17. The topological polar surface area (TPSA) is 58.6 Å². The Labute approximate surface area is 194 Å². The molecule has 1 N–H and O–H groups in total. The summed E-state index contributed by atoms with van der Waals surface area (Å²) in [7, 11) is 0. The Balaban J connectivity index is 1.79. The summed E-state index contributed by atoms with van der Waals surface area (Å²) in [5, 5.41) is 3.26. The van der Waals surface area contributed by atoms with Crippen molar-refractivity contribution in [2.75, 3.05) is 16.8 Å². The van der Waals surface area contributed by atoms with Crippen LogP contribution in [0.1, 0.15) is 35.6 Å². The Morgan fingerprint density at radius 2 is 1.52 bits per heavy atom. The van der Waals surface area contributed by atoms with Gasteiger partial charge in [-0.15, -0.1) is 0 Å². The van der Waals surface area contributed by atoms with Crippen LogP contribution in [0.5, 0.6) is 5.75 Å². The summed E-state index contributed by atoms with van der Waals surface area (Å²) in [6.45, 7) is 8.57. The highest BCUT2D eigenvalue weighted by Crippen LogP contribution is 2.35. The summed E-state index contributed by atoms with van der Waals surface area (Å²) >= 11 is 0. The number of nitrogens with one attached hydrogen (secondary N) is 1. The first-order valence-electron chi connectivity index (χ1n) is 11.2. The van der Waals surface area contributed by atoms with Crippen LogP contribution in [0.25, 0.3) is 5.57 Å². The minimum absolute atomic E-state index is 0.274. The van der Waals surface area contributed by atoms with Gasteiger partial charge >= 0.3 is 0 Å². The van der Waals surface area contributed by atoms with E-state index in [1.165, 1.54) is 4.90 Å². The predicted octanol–water partition coefficient (Wildman–Crippen LogP) is 5.80. The third-order valence-corrected chi connectivity index (χ3v) is 5.55. The van der Waals surface area contributed by atoms with E-state index in [2.05, 4.69) is 11.4 Å².